The topological polar surface area (TPSA) is 20.2 Å². The van der Waals surface area contributed by atoms with Crippen LogP contribution in [0.3, 0.4) is 0 Å². The van der Waals surface area contributed by atoms with Crippen LogP contribution in [-0.2, 0) is 0 Å². The largest absolute Gasteiger partial charge is 0.384 e. The quantitative estimate of drug-likeness (QED) is 0.861. The summed E-state index contributed by atoms with van der Waals surface area (Å²) in [6.45, 7) is 4.24. The molecule has 1 nitrogen and oxygen atoms in total. The highest BCUT2D eigenvalue weighted by atomic mass is 79.9. The molecule has 0 amide bonds. The van der Waals surface area contributed by atoms with E-state index in [9.17, 15) is 9.50 Å². The van der Waals surface area contributed by atoms with Gasteiger partial charge in [-0.15, -0.1) is 0 Å². The fourth-order valence-corrected chi connectivity index (χ4v) is 2.47. The Kier molecular flexibility index (Phi) is 4.38. The summed E-state index contributed by atoms with van der Waals surface area (Å²) in [7, 11) is 0. The normalized spacial score (nSPS) is 12.7. The highest BCUT2D eigenvalue weighted by molar-refractivity contribution is 9.10. The maximum atomic E-state index is 13.3. The molecular formula is C16H16BrFO. The average Bonchev–Trinajstić information content (AvgIpc) is 2.37. The first kappa shape index (κ1) is 14.2. The van der Waals surface area contributed by atoms with Crippen LogP contribution in [0.2, 0.25) is 0 Å². The Labute approximate surface area is 121 Å². The van der Waals surface area contributed by atoms with Crippen molar-refractivity contribution in [3.05, 3.63) is 69.4 Å². The van der Waals surface area contributed by atoms with Crippen molar-refractivity contribution in [1.82, 2.24) is 0 Å². The monoisotopic (exact) mass is 322 g/mol. The molecule has 0 aliphatic carbocycles. The average molecular weight is 323 g/mol. The molecule has 100 valence electrons. The molecule has 0 saturated heterocycles. The summed E-state index contributed by atoms with van der Waals surface area (Å²) in [4.78, 5) is 0. The fraction of sp³-hybridized carbons (Fsp3) is 0.250. The number of halogens is 2. The minimum Gasteiger partial charge on any atom is -0.384 e. The van der Waals surface area contributed by atoms with E-state index in [1.807, 2.05) is 24.3 Å². The summed E-state index contributed by atoms with van der Waals surface area (Å²) >= 11 is 3.23. The van der Waals surface area contributed by atoms with E-state index in [1.54, 1.807) is 6.07 Å². The highest BCUT2D eigenvalue weighted by Gasteiger charge is 2.12. The van der Waals surface area contributed by atoms with Gasteiger partial charge >= 0.3 is 0 Å². The first-order valence-corrected chi connectivity index (χ1v) is 7.00. The number of benzene rings is 2. The first-order chi connectivity index (χ1) is 8.97. The van der Waals surface area contributed by atoms with Crippen molar-refractivity contribution in [2.45, 2.75) is 25.9 Å². The van der Waals surface area contributed by atoms with Gasteiger partial charge in [0.05, 0.1) is 0 Å². The Bertz CT molecular complexity index is 543. The Morgan fingerprint density at radius 3 is 2.05 bits per heavy atom. The third kappa shape index (κ3) is 3.43. The predicted octanol–water partition coefficient (Wildman–Crippen LogP) is 4.79. The number of rotatable bonds is 3. The van der Waals surface area contributed by atoms with Crippen molar-refractivity contribution >= 4 is 15.9 Å². The van der Waals surface area contributed by atoms with E-state index in [2.05, 4.69) is 29.8 Å². The summed E-state index contributed by atoms with van der Waals surface area (Å²) < 4.78 is 14.0. The fourth-order valence-electron chi connectivity index (χ4n) is 1.99. The lowest BCUT2D eigenvalue weighted by atomic mass is 9.97. The van der Waals surface area contributed by atoms with E-state index >= 15 is 0 Å². The van der Waals surface area contributed by atoms with Gasteiger partial charge in [-0.05, 0) is 40.8 Å². The standard InChI is InChI=1S/C16H16BrFO/c1-10(2)11-3-5-12(6-4-11)16(19)13-7-14(17)9-15(18)8-13/h3-10,16,19H,1-2H3. The van der Waals surface area contributed by atoms with Crippen LogP contribution in [0.1, 0.15) is 42.6 Å². The molecule has 1 atom stereocenters. The van der Waals surface area contributed by atoms with Crippen molar-refractivity contribution in [2.24, 2.45) is 0 Å². The van der Waals surface area contributed by atoms with Crippen LogP contribution < -0.4 is 0 Å². The maximum Gasteiger partial charge on any atom is 0.124 e. The van der Waals surface area contributed by atoms with Crippen LogP contribution >= 0.6 is 15.9 Å². The molecule has 0 heterocycles. The number of aliphatic hydroxyl groups excluding tert-OH is 1. The third-order valence-corrected chi connectivity index (χ3v) is 3.58. The second-order valence-electron chi connectivity index (χ2n) is 4.93. The molecule has 0 fully saturated rings. The van der Waals surface area contributed by atoms with Gasteiger partial charge in [0.15, 0.2) is 0 Å². The van der Waals surface area contributed by atoms with Gasteiger partial charge in [-0.25, -0.2) is 4.39 Å². The third-order valence-electron chi connectivity index (χ3n) is 3.12. The van der Waals surface area contributed by atoms with E-state index < -0.39 is 6.10 Å². The molecule has 2 aromatic carbocycles. The lowest BCUT2D eigenvalue weighted by molar-refractivity contribution is 0.219. The highest BCUT2D eigenvalue weighted by Crippen LogP contribution is 2.26. The first-order valence-electron chi connectivity index (χ1n) is 6.21. The Morgan fingerprint density at radius 2 is 1.53 bits per heavy atom. The molecule has 0 saturated carbocycles. The van der Waals surface area contributed by atoms with Gasteiger partial charge in [-0.1, -0.05) is 54.0 Å². The van der Waals surface area contributed by atoms with E-state index in [1.165, 1.54) is 17.7 Å². The van der Waals surface area contributed by atoms with Crippen LogP contribution in [0.15, 0.2) is 46.9 Å². The van der Waals surface area contributed by atoms with Gasteiger partial charge in [-0.3, -0.25) is 0 Å². The molecular weight excluding hydrogens is 307 g/mol. The Hall–Kier alpha value is -1.19. The molecule has 0 radical (unpaired) electrons. The lowest BCUT2D eigenvalue weighted by Gasteiger charge is -2.13. The van der Waals surface area contributed by atoms with Crippen molar-refractivity contribution in [2.75, 3.05) is 0 Å². The zero-order valence-electron chi connectivity index (χ0n) is 10.9. The zero-order chi connectivity index (χ0) is 14.0. The van der Waals surface area contributed by atoms with Crippen molar-refractivity contribution in [3.63, 3.8) is 0 Å². The molecule has 1 N–H and O–H groups in total. The van der Waals surface area contributed by atoms with Crippen LogP contribution in [-0.4, -0.2) is 5.11 Å². The summed E-state index contributed by atoms with van der Waals surface area (Å²) in [5.41, 5.74) is 2.53. The molecule has 1 unspecified atom stereocenters. The predicted molar refractivity (Wildman–Crippen MR) is 78.7 cm³/mol. The number of aliphatic hydroxyl groups is 1. The summed E-state index contributed by atoms with van der Waals surface area (Å²) in [6, 6.07) is 12.2. The molecule has 0 bridgehead atoms. The molecule has 2 aromatic rings. The maximum absolute atomic E-state index is 13.3. The number of hydrogen-bond donors (Lipinski definition) is 1. The second kappa shape index (κ2) is 5.85. The van der Waals surface area contributed by atoms with Crippen molar-refractivity contribution in [1.29, 1.82) is 0 Å². The SMILES string of the molecule is CC(C)c1ccc(C(O)c2cc(F)cc(Br)c2)cc1. The molecule has 0 spiro atoms. The zero-order valence-corrected chi connectivity index (χ0v) is 12.5. The van der Waals surface area contributed by atoms with Gasteiger partial charge < -0.3 is 5.11 Å². The minimum atomic E-state index is -0.812. The van der Waals surface area contributed by atoms with Crippen LogP contribution in [0.25, 0.3) is 0 Å². The van der Waals surface area contributed by atoms with Gasteiger partial charge in [-0.2, -0.15) is 0 Å². The van der Waals surface area contributed by atoms with Gasteiger partial charge in [0.1, 0.15) is 11.9 Å². The van der Waals surface area contributed by atoms with Crippen molar-refractivity contribution < 1.29 is 9.50 Å². The van der Waals surface area contributed by atoms with E-state index in [0.29, 0.717) is 16.0 Å². The molecule has 0 aliphatic rings. The van der Waals surface area contributed by atoms with Gasteiger partial charge in [0.25, 0.3) is 0 Å². The van der Waals surface area contributed by atoms with Crippen LogP contribution in [0.4, 0.5) is 4.39 Å². The van der Waals surface area contributed by atoms with Crippen molar-refractivity contribution in [3.8, 4) is 0 Å². The van der Waals surface area contributed by atoms with Gasteiger partial charge in [0.2, 0.25) is 0 Å². The van der Waals surface area contributed by atoms with E-state index in [-0.39, 0.29) is 5.82 Å². The van der Waals surface area contributed by atoms with Crippen LogP contribution in [0.5, 0.6) is 0 Å². The lowest BCUT2D eigenvalue weighted by Crippen LogP contribution is -2.01. The van der Waals surface area contributed by atoms with Crippen LogP contribution in [0, 0.1) is 5.82 Å². The van der Waals surface area contributed by atoms with E-state index in [0.717, 1.165) is 5.56 Å². The molecule has 2 rings (SSSR count). The summed E-state index contributed by atoms with van der Waals surface area (Å²) in [5, 5.41) is 10.3. The smallest absolute Gasteiger partial charge is 0.124 e. The molecule has 3 heteroatoms. The second-order valence-corrected chi connectivity index (χ2v) is 5.84. The van der Waals surface area contributed by atoms with Gasteiger partial charge in [0, 0.05) is 4.47 Å². The van der Waals surface area contributed by atoms with E-state index in [4.69, 9.17) is 0 Å². The summed E-state index contributed by atoms with van der Waals surface area (Å²) in [5.74, 6) is 0.0942. The number of hydrogen-bond acceptors (Lipinski definition) is 1. The summed E-state index contributed by atoms with van der Waals surface area (Å²) in [6.07, 6.45) is -0.812. The molecule has 0 aliphatic heterocycles. The molecule has 0 aromatic heterocycles. The molecule has 19 heavy (non-hydrogen) atoms. The Morgan fingerprint density at radius 1 is 0.947 bits per heavy atom. The Balaban J connectivity index is 2.30. The minimum absolute atomic E-state index is 0.359.